The average Bonchev–Trinajstić information content (AvgIpc) is 2.45. The molecule has 3 N–H and O–H groups in total. The van der Waals surface area contributed by atoms with Crippen molar-refractivity contribution in [3.8, 4) is 5.75 Å². The van der Waals surface area contributed by atoms with Crippen molar-refractivity contribution in [3.05, 3.63) is 29.8 Å². The van der Waals surface area contributed by atoms with Crippen LogP contribution in [0.15, 0.2) is 24.3 Å². The highest BCUT2D eigenvalue weighted by Crippen LogP contribution is 2.36. The molecule has 0 aromatic heterocycles. The third-order valence-electron chi connectivity index (χ3n) is 3.61. The monoisotopic (exact) mass is 288 g/mol. The molecule has 1 aromatic rings. The molecular weight excluding hydrogens is 269 g/mol. The Morgan fingerprint density at radius 3 is 2.55 bits per heavy atom. The largest absolute Gasteiger partial charge is 0.491 e. The van der Waals surface area contributed by atoms with Crippen molar-refractivity contribution in [1.82, 2.24) is 5.32 Å². The predicted molar refractivity (Wildman–Crippen MR) is 70.5 cm³/mol. The van der Waals surface area contributed by atoms with Crippen LogP contribution < -0.4 is 15.8 Å². The van der Waals surface area contributed by atoms with Crippen molar-refractivity contribution >= 4 is 0 Å². The van der Waals surface area contributed by atoms with Crippen LogP contribution in [0, 0.1) is 5.92 Å². The van der Waals surface area contributed by atoms with Gasteiger partial charge in [0, 0.05) is 6.04 Å². The zero-order chi connectivity index (χ0) is 14.6. The minimum absolute atomic E-state index is 0.109. The highest BCUT2D eigenvalue weighted by molar-refractivity contribution is 5.35. The second kappa shape index (κ2) is 6.45. The van der Waals surface area contributed by atoms with E-state index in [0.29, 0.717) is 5.92 Å². The standard InChI is InChI=1S/C14H19F3N2O/c15-14(16,17)11-3-1-2-4-13(11)20-9-12(18)10-5-7-19-8-6-10/h1-4,10,12,19H,5-9,18H2. The van der Waals surface area contributed by atoms with Crippen LogP contribution in [0.3, 0.4) is 0 Å². The summed E-state index contributed by atoms with van der Waals surface area (Å²) in [6.45, 7) is 1.91. The second-order valence-electron chi connectivity index (χ2n) is 5.06. The molecule has 1 heterocycles. The van der Waals surface area contributed by atoms with Crippen molar-refractivity contribution in [1.29, 1.82) is 0 Å². The fraction of sp³-hybridized carbons (Fsp3) is 0.571. The Kier molecular flexibility index (Phi) is 4.88. The SMILES string of the molecule is NC(COc1ccccc1C(F)(F)F)C1CCNCC1. The predicted octanol–water partition coefficient (Wildman–Crippen LogP) is 2.41. The lowest BCUT2D eigenvalue weighted by atomic mass is 9.91. The third kappa shape index (κ3) is 3.86. The van der Waals surface area contributed by atoms with Gasteiger partial charge in [-0.25, -0.2) is 0 Å². The normalized spacial score (nSPS) is 18.8. The number of ether oxygens (including phenoxy) is 1. The zero-order valence-corrected chi connectivity index (χ0v) is 11.1. The molecule has 0 bridgehead atoms. The van der Waals surface area contributed by atoms with E-state index in [-0.39, 0.29) is 18.4 Å². The highest BCUT2D eigenvalue weighted by Gasteiger charge is 2.34. The van der Waals surface area contributed by atoms with Crippen LogP contribution >= 0.6 is 0 Å². The topological polar surface area (TPSA) is 47.3 Å². The van der Waals surface area contributed by atoms with Gasteiger partial charge in [0.1, 0.15) is 12.4 Å². The Morgan fingerprint density at radius 2 is 1.90 bits per heavy atom. The van der Waals surface area contributed by atoms with Gasteiger partial charge in [0.05, 0.1) is 5.56 Å². The van der Waals surface area contributed by atoms with E-state index in [9.17, 15) is 13.2 Å². The number of hydrogen-bond acceptors (Lipinski definition) is 3. The first kappa shape index (κ1) is 15.1. The van der Waals surface area contributed by atoms with Gasteiger partial charge >= 0.3 is 6.18 Å². The van der Waals surface area contributed by atoms with Crippen molar-refractivity contribution in [2.24, 2.45) is 11.7 Å². The first-order chi connectivity index (χ1) is 9.48. The molecule has 1 aliphatic rings. The molecule has 0 radical (unpaired) electrons. The summed E-state index contributed by atoms with van der Waals surface area (Å²) in [7, 11) is 0. The lowest BCUT2D eigenvalue weighted by Gasteiger charge is -2.28. The Labute approximate surface area is 116 Å². The Morgan fingerprint density at radius 1 is 1.25 bits per heavy atom. The fourth-order valence-corrected chi connectivity index (χ4v) is 2.42. The molecule has 0 saturated carbocycles. The number of para-hydroxylation sites is 1. The molecule has 20 heavy (non-hydrogen) atoms. The van der Waals surface area contributed by atoms with Gasteiger partial charge in [-0.3, -0.25) is 0 Å². The van der Waals surface area contributed by atoms with E-state index in [0.717, 1.165) is 32.0 Å². The van der Waals surface area contributed by atoms with Crippen molar-refractivity contribution in [2.45, 2.75) is 25.1 Å². The van der Waals surface area contributed by atoms with Gasteiger partial charge in [0.25, 0.3) is 0 Å². The number of rotatable bonds is 4. The lowest BCUT2D eigenvalue weighted by molar-refractivity contribution is -0.139. The van der Waals surface area contributed by atoms with Gasteiger partial charge in [-0.15, -0.1) is 0 Å². The Bertz CT molecular complexity index is 431. The summed E-state index contributed by atoms with van der Waals surface area (Å²) < 4.78 is 43.7. The van der Waals surface area contributed by atoms with Gasteiger partial charge in [-0.2, -0.15) is 13.2 Å². The summed E-state index contributed by atoms with van der Waals surface area (Å²) in [6.07, 6.45) is -2.54. The lowest BCUT2D eigenvalue weighted by Crippen LogP contribution is -2.42. The maximum absolute atomic E-state index is 12.8. The summed E-state index contributed by atoms with van der Waals surface area (Å²) in [4.78, 5) is 0. The van der Waals surface area contributed by atoms with E-state index >= 15 is 0 Å². The number of piperidine rings is 1. The molecule has 1 aliphatic heterocycles. The number of hydrogen-bond donors (Lipinski definition) is 2. The minimum Gasteiger partial charge on any atom is -0.491 e. The maximum atomic E-state index is 12.8. The zero-order valence-electron chi connectivity index (χ0n) is 11.1. The molecule has 1 fully saturated rings. The van der Waals surface area contributed by atoms with Gasteiger partial charge in [-0.1, -0.05) is 12.1 Å². The van der Waals surface area contributed by atoms with Crippen LogP contribution in [0.4, 0.5) is 13.2 Å². The van der Waals surface area contributed by atoms with E-state index in [1.165, 1.54) is 18.2 Å². The highest BCUT2D eigenvalue weighted by atomic mass is 19.4. The molecule has 1 atom stereocenters. The number of benzene rings is 1. The van der Waals surface area contributed by atoms with Crippen LogP contribution in [0.2, 0.25) is 0 Å². The number of nitrogens with two attached hydrogens (primary N) is 1. The number of alkyl halides is 3. The van der Waals surface area contributed by atoms with Crippen LogP contribution in [0.25, 0.3) is 0 Å². The van der Waals surface area contributed by atoms with Gasteiger partial charge in [-0.05, 0) is 44.0 Å². The van der Waals surface area contributed by atoms with E-state index in [4.69, 9.17) is 10.5 Å². The van der Waals surface area contributed by atoms with Gasteiger partial charge in [0.2, 0.25) is 0 Å². The summed E-state index contributed by atoms with van der Waals surface area (Å²) in [5.74, 6) is 0.152. The van der Waals surface area contributed by atoms with E-state index in [2.05, 4.69) is 5.32 Å². The average molecular weight is 288 g/mol. The summed E-state index contributed by atoms with van der Waals surface area (Å²) in [5.41, 5.74) is 5.27. The van der Waals surface area contributed by atoms with Gasteiger partial charge in [0.15, 0.2) is 0 Å². The molecular formula is C14H19F3N2O. The van der Waals surface area contributed by atoms with Crippen molar-refractivity contribution in [3.63, 3.8) is 0 Å². The minimum atomic E-state index is -4.41. The summed E-state index contributed by atoms with van der Waals surface area (Å²) in [5, 5.41) is 3.23. The molecule has 1 aromatic carbocycles. The van der Waals surface area contributed by atoms with E-state index < -0.39 is 11.7 Å². The molecule has 2 rings (SSSR count). The molecule has 112 valence electrons. The maximum Gasteiger partial charge on any atom is 0.419 e. The molecule has 6 heteroatoms. The smallest absolute Gasteiger partial charge is 0.419 e. The molecule has 1 saturated heterocycles. The summed E-state index contributed by atoms with van der Waals surface area (Å²) in [6, 6.07) is 4.99. The van der Waals surface area contributed by atoms with Gasteiger partial charge < -0.3 is 15.8 Å². The van der Waals surface area contributed by atoms with Crippen LogP contribution in [-0.4, -0.2) is 25.7 Å². The summed E-state index contributed by atoms with van der Waals surface area (Å²) >= 11 is 0. The van der Waals surface area contributed by atoms with Crippen molar-refractivity contribution in [2.75, 3.05) is 19.7 Å². The number of nitrogens with one attached hydrogen (secondary N) is 1. The van der Waals surface area contributed by atoms with Crippen LogP contribution in [-0.2, 0) is 6.18 Å². The first-order valence-electron chi connectivity index (χ1n) is 6.74. The van der Waals surface area contributed by atoms with Crippen LogP contribution in [0.5, 0.6) is 5.75 Å². The third-order valence-corrected chi connectivity index (χ3v) is 3.61. The molecule has 0 spiro atoms. The second-order valence-corrected chi connectivity index (χ2v) is 5.06. The molecule has 3 nitrogen and oxygen atoms in total. The fourth-order valence-electron chi connectivity index (χ4n) is 2.42. The molecule has 1 unspecified atom stereocenters. The Balaban J connectivity index is 1.96. The van der Waals surface area contributed by atoms with E-state index in [1.54, 1.807) is 0 Å². The first-order valence-corrected chi connectivity index (χ1v) is 6.74. The molecule has 0 amide bonds. The van der Waals surface area contributed by atoms with Crippen LogP contribution in [0.1, 0.15) is 18.4 Å². The number of halogens is 3. The Hall–Kier alpha value is -1.27. The van der Waals surface area contributed by atoms with E-state index in [1.807, 2.05) is 0 Å². The van der Waals surface area contributed by atoms with Crippen molar-refractivity contribution < 1.29 is 17.9 Å². The quantitative estimate of drug-likeness (QED) is 0.894. The molecule has 0 aliphatic carbocycles.